The molecule has 0 fully saturated rings. The molecule has 0 saturated heterocycles. The van der Waals surface area contributed by atoms with Crippen molar-refractivity contribution < 1.29 is 95.1 Å². The molecule has 0 aliphatic rings. The second-order valence-electron chi connectivity index (χ2n) is 6.67. The minimum Gasteiger partial charge on any atom is -0.744 e. The largest absolute Gasteiger partial charge is 1.00 e. The van der Waals surface area contributed by atoms with Crippen LogP contribution in [0, 0.1) is 0 Å². The van der Waals surface area contributed by atoms with Gasteiger partial charge < -0.3 is 19.2 Å². The zero-order valence-corrected chi connectivity index (χ0v) is 26.5. The summed E-state index contributed by atoms with van der Waals surface area (Å²) in [6.45, 7) is 5.44. The first-order chi connectivity index (χ1) is 15.9. The van der Waals surface area contributed by atoms with E-state index in [4.69, 9.17) is 4.74 Å². The molecule has 0 saturated carbocycles. The van der Waals surface area contributed by atoms with Crippen LogP contribution in [0.2, 0.25) is 0 Å². The molecule has 2 rings (SSSR count). The van der Waals surface area contributed by atoms with Gasteiger partial charge in [0.2, 0.25) is 10.0 Å². The Balaban J connectivity index is 0.00000612. The number of hydrogen-bond acceptors (Lipinski definition) is 11. The minimum atomic E-state index is -4.93. The maximum atomic E-state index is 12.9. The Morgan fingerprint density at radius 2 is 1.64 bits per heavy atom. The van der Waals surface area contributed by atoms with Crippen LogP contribution < -0.4 is 79.5 Å². The molecule has 0 spiro atoms. The summed E-state index contributed by atoms with van der Waals surface area (Å²) in [5, 5.41) is 16.7. The van der Waals surface area contributed by atoms with E-state index < -0.39 is 36.6 Å². The van der Waals surface area contributed by atoms with Crippen LogP contribution in [-0.4, -0.2) is 58.1 Å². The monoisotopic (exact) mass is 558 g/mol. The first-order valence-corrected chi connectivity index (χ1v) is 12.8. The van der Waals surface area contributed by atoms with Crippen LogP contribution in [0.15, 0.2) is 51.3 Å². The molecule has 0 aliphatic heterocycles. The molecular formula is C20H24N4Na2O8S2. The molecule has 0 amide bonds. The van der Waals surface area contributed by atoms with Crippen molar-refractivity contribution in [1.82, 2.24) is 4.31 Å². The molecule has 186 valence electrons. The zero-order valence-electron chi connectivity index (χ0n) is 20.9. The van der Waals surface area contributed by atoms with Gasteiger partial charge in [-0.15, -0.1) is 0 Å². The molecule has 0 bridgehead atoms. The number of hydrazone groups is 1. The molecule has 0 radical (unpaired) electrons. The number of ether oxygens (including phenoxy) is 1. The number of hydrazine groups is 1. The van der Waals surface area contributed by atoms with Crippen molar-refractivity contribution in [2.75, 3.05) is 30.7 Å². The minimum absolute atomic E-state index is 0. The van der Waals surface area contributed by atoms with Crippen molar-refractivity contribution in [2.24, 2.45) is 5.10 Å². The number of methoxy groups -OCH3 is 1. The van der Waals surface area contributed by atoms with Crippen LogP contribution in [0.5, 0.6) is 5.75 Å². The van der Waals surface area contributed by atoms with Gasteiger partial charge in [0, 0.05) is 24.9 Å². The van der Waals surface area contributed by atoms with Gasteiger partial charge in [0.25, 0.3) is 0 Å². The van der Waals surface area contributed by atoms with E-state index >= 15 is 0 Å². The predicted molar refractivity (Wildman–Crippen MR) is 122 cm³/mol. The fraction of sp³-hybridized carbons (Fsp3) is 0.300. The van der Waals surface area contributed by atoms with Crippen LogP contribution in [-0.2, 0) is 20.1 Å². The van der Waals surface area contributed by atoms with E-state index in [-0.39, 0.29) is 94.2 Å². The van der Waals surface area contributed by atoms with Gasteiger partial charge in [0.1, 0.15) is 15.9 Å². The standard InChI is InChI=1S/C20H26N4O8S2.2Na/c1-5-21-24(18-10-8-15(34(29,30)31)12-16(18)20(25)26)22-17-13-14(9-11-19(17)32-4)33(27,28)23(6-2)7-3;;/h5,8-13,22H,6-7H2,1-4H3,(H,25,26)(H,29,30,31);;/q;2*+1/p-2/b21-5-;;. The number of carboxylic acids is 1. The Morgan fingerprint density at radius 3 is 2.11 bits per heavy atom. The second-order valence-corrected chi connectivity index (χ2v) is 9.99. The van der Waals surface area contributed by atoms with Gasteiger partial charge in [-0.1, -0.05) is 13.8 Å². The molecule has 0 heterocycles. The van der Waals surface area contributed by atoms with Crippen LogP contribution in [0.4, 0.5) is 11.4 Å². The van der Waals surface area contributed by atoms with Crippen molar-refractivity contribution in [3.8, 4) is 5.75 Å². The Hall–Kier alpha value is -1.20. The number of carboxylic acid groups (broad SMARTS) is 1. The predicted octanol–water partition coefficient (Wildman–Crippen LogP) is -5.16. The van der Waals surface area contributed by atoms with E-state index in [0.29, 0.717) is 6.07 Å². The van der Waals surface area contributed by atoms with Gasteiger partial charge in [0.15, 0.2) is 0 Å². The molecular weight excluding hydrogens is 534 g/mol. The van der Waals surface area contributed by atoms with Gasteiger partial charge in [-0.3, -0.25) is 5.43 Å². The topological polar surface area (TPSA) is 172 Å². The number of nitrogens with one attached hydrogen (secondary N) is 1. The first kappa shape index (κ1) is 34.8. The zero-order chi connectivity index (χ0) is 25.7. The third-order valence-electron chi connectivity index (χ3n) is 4.68. The quantitative estimate of drug-likeness (QED) is 0.122. The summed E-state index contributed by atoms with van der Waals surface area (Å²) in [4.78, 5) is 10.9. The third kappa shape index (κ3) is 8.15. The van der Waals surface area contributed by atoms with Crippen molar-refractivity contribution in [3.63, 3.8) is 0 Å². The van der Waals surface area contributed by atoms with E-state index in [1.165, 1.54) is 42.8 Å². The van der Waals surface area contributed by atoms with E-state index in [9.17, 15) is 31.3 Å². The molecule has 16 heteroatoms. The second kappa shape index (κ2) is 14.7. The average molecular weight is 559 g/mol. The van der Waals surface area contributed by atoms with Crippen LogP contribution in [0.25, 0.3) is 0 Å². The Morgan fingerprint density at radius 1 is 1.06 bits per heavy atom. The summed E-state index contributed by atoms with van der Waals surface area (Å²) in [6.07, 6.45) is 1.30. The summed E-state index contributed by atoms with van der Waals surface area (Å²) in [5.74, 6) is -1.55. The molecule has 2 aromatic carbocycles. The van der Waals surface area contributed by atoms with Crippen LogP contribution in [0.3, 0.4) is 0 Å². The summed E-state index contributed by atoms with van der Waals surface area (Å²) >= 11 is 0. The van der Waals surface area contributed by atoms with Crippen LogP contribution in [0.1, 0.15) is 31.1 Å². The van der Waals surface area contributed by atoms with Gasteiger partial charge >= 0.3 is 59.1 Å². The summed E-state index contributed by atoms with van der Waals surface area (Å²) in [5.41, 5.74) is 2.07. The summed E-state index contributed by atoms with van der Waals surface area (Å²) in [7, 11) is -7.40. The smallest absolute Gasteiger partial charge is 0.744 e. The number of nitrogens with zero attached hydrogens (tertiary/aromatic N) is 3. The number of aromatic carboxylic acids is 1. The molecule has 12 nitrogen and oxygen atoms in total. The maximum absolute atomic E-state index is 12.9. The van der Waals surface area contributed by atoms with Crippen LogP contribution >= 0.6 is 0 Å². The van der Waals surface area contributed by atoms with E-state index in [2.05, 4.69) is 10.5 Å². The fourth-order valence-corrected chi connectivity index (χ4v) is 5.03. The third-order valence-corrected chi connectivity index (χ3v) is 7.55. The van der Waals surface area contributed by atoms with Gasteiger partial charge in [-0.05, 0) is 43.3 Å². The maximum Gasteiger partial charge on any atom is 1.00 e. The van der Waals surface area contributed by atoms with Crippen molar-refractivity contribution >= 4 is 43.7 Å². The number of benzene rings is 2. The number of anilines is 2. The Labute approximate surface area is 255 Å². The van der Waals surface area contributed by atoms with Gasteiger partial charge in [-0.25, -0.2) is 16.8 Å². The number of rotatable bonds is 11. The number of sulfonamides is 1. The molecule has 2 aromatic rings. The van der Waals surface area contributed by atoms with E-state index in [1.807, 2.05) is 0 Å². The fourth-order valence-electron chi connectivity index (χ4n) is 3.05. The van der Waals surface area contributed by atoms with Crippen molar-refractivity contribution in [1.29, 1.82) is 0 Å². The SMILES string of the molecule is C/C=N\N(Nc1cc(S(=O)(=O)N(CC)CC)ccc1OC)c1ccc(S(=O)(=O)[O-])cc1C(=O)[O-].[Na+].[Na+]. The van der Waals surface area contributed by atoms with E-state index in [0.717, 1.165) is 17.3 Å². The number of hydrogen-bond donors (Lipinski definition) is 1. The van der Waals surface area contributed by atoms with E-state index in [1.54, 1.807) is 13.8 Å². The first-order valence-electron chi connectivity index (χ1n) is 9.95. The normalized spacial score (nSPS) is 11.5. The average Bonchev–Trinajstić information content (AvgIpc) is 2.78. The molecule has 0 atom stereocenters. The van der Waals surface area contributed by atoms with Gasteiger partial charge in [-0.2, -0.15) is 14.5 Å². The molecule has 36 heavy (non-hydrogen) atoms. The van der Waals surface area contributed by atoms with Gasteiger partial charge in [0.05, 0.1) is 34.2 Å². The molecule has 1 N–H and O–H groups in total. The summed E-state index contributed by atoms with van der Waals surface area (Å²) < 4.78 is 66.4. The van der Waals surface area contributed by atoms with Crippen molar-refractivity contribution in [3.05, 3.63) is 42.0 Å². The number of carbonyl (C=O) groups excluding carboxylic acids is 1. The molecule has 0 unspecified atom stereocenters. The Bertz CT molecular complexity index is 1300. The molecule has 0 aliphatic carbocycles. The summed E-state index contributed by atoms with van der Waals surface area (Å²) in [6, 6.07) is 6.71. The molecule has 0 aromatic heterocycles. The number of carbonyl (C=O) groups is 1. The van der Waals surface area contributed by atoms with Crippen molar-refractivity contribution in [2.45, 2.75) is 30.6 Å². The Kier molecular flexibility index (Phi) is 14.2.